The van der Waals surface area contributed by atoms with E-state index in [1.54, 1.807) is 0 Å². The first-order chi connectivity index (χ1) is 19.9. The van der Waals surface area contributed by atoms with Crippen LogP contribution in [0.4, 0.5) is 0 Å². The van der Waals surface area contributed by atoms with Gasteiger partial charge < -0.3 is 19.9 Å². The molecule has 2 aromatic carbocycles. The van der Waals surface area contributed by atoms with Crippen LogP contribution in [0.3, 0.4) is 0 Å². The average molecular weight is 560 g/mol. The number of hydrogen-bond donors (Lipinski definition) is 1. The van der Waals surface area contributed by atoms with E-state index in [2.05, 4.69) is 22.3 Å². The summed E-state index contributed by atoms with van der Waals surface area (Å²) in [5, 5.41) is 3.25. The van der Waals surface area contributed by atoms with E-state index < -0.39 is 11.9 Å². The van der Waals surface area contributed by atoms with Crippen LogP contribution in [0.5, 0.6) is 0 Å². The first kappa shape index (κ1) is 29.3. The van der Waals surface area contributed by atoms with Crippen molar-refractivity contribution in [2.45, 2.75) is 58.4 Å². The lowest BCUT2D eigenvalue weighted by Crippen LogP contribution is -2.43. The summed E-state index contributed by atoms with van der Waals surface area (Å²) < 4.78 is 5.09. The zero-order valence-corrected chi connectivity index (χ0v) is 24.8. The van der Waals surface area contributed by atoms with Gasteiger partial charge in [0.05, 0.1) is 13.2 Å². The molecule has 3 aliphatic rings. The molecule has 2 aliphatic heterocycles. The number of aryl methyl sites for hydroxylation is 2. The molecule has 4 unspecified atom stereocenters. The Balaban J connectivity index is 1.20. The molecule has 0 bridgehead atoms. The molecule has 41 heavy (non-hydrogen) atoms. The monoisotopic (exact) mass is 559 g/mol. The Kier molecular flexibility index (Phi) is 9.43. The largest absolute Gasteiger partial charge is 0.468 e. The van der Waals surface area contributed by atoms with Crippen molar-refractivity contribution < 1.29 is 19.1 Å². The Bertz CT molecular complexity index is 1190. The van der Waals surface area contributed by atoms with Crippen molar-refractivity contribution in [1.82, 2.24) is 15.1 Å². The van der Waals surface area contributed by atoms with E-state index in [9.17, 15) is 14.4 Å². The molecule has 2 heterocycles. The van der Waals surface area contributed by atoms with E-state index in [4.69, 9.17) is 4.74 Å². The number of nitrogens with one attached hydrogen (secondary N) is 1. The molecule has 7 nitrogen and oxygen atoms in total. The summed E-state index contributed by atoms with van der Waals surface area (Å²) in [6.07, 6.45) is 5.81. The molecule has 1 N–H and O–H groups in total. The van der Waals surface area contributed by atoms with E-state index in [-0.39, 0.29) is 23.8 Å². The number of benzene rings is 2. The molecule has 0 aromatic heterocycles. The molecule has 4 atom stereocenters. The predicted molar refractivity (Wildman–Crippen MR) is 159 cm³/mol. The average Bonchev–Trinajstić information content (AvgIpc) is 3.55. The van der Waals surface area contributed by atoms with Gasteiger partial charge in [-0.2, -0.15) is 0 Å². The highest BCUT2D eigenvalue weighted by molar-refractivity contribution is 5.98. The van der Waals surface area contributed by atoms with Crippen molar-refractivity contribution in [2.75, 3.05) is 39.8 Å². The fourth-order valence-electron chi connectivity index (χ4n) is 7.44. The third-order valence-electron chi connectivity index (χ3n) is 9.66. The maximum Gasteiger partial charge on any atom is 0.318 e. The van der Waals surface area contributed by atoms with E-state index in [0.717, 1.165) is 93.5 Å². The van der Waals surface area contributed by atoms with Crippen LogP contribution >= 0.6 is 0 Å². The summed E-state index contributed by atoms with van der Waals surface area (Å²) in [5.41, 5.74) is 3.99. The van der Waals surface area contributed by atoms with Crippen LogP contribution < -0.4 is 5.32 Å². The number of carbonyl (C=O) groups excluding carboxylic acids is 3. The highest BCUT2D eigenvalue weighted by Crippen LogP contribution is 2.34. The quantitative estimate of drug-likeness (QED) is 0.348. The highest BCUT2D eigenvalue weighted by Gasteiger charge is 2.42. The van der Waals surface area contributed by atoms with E-state index >= 15 is 0 Å². The van der Waals surface area contributed by atoms with Gasteiger partial charge in [-0.1, -0.05) is 67.8 Å². The summed E-state index contributed by atoms with van der Waals surface area (Å²) in [4.78, 5) is 44.2. The normalized spacial score (nSPS) is 22.7. The molecule has 2 saturated heterocycles. The van der Waals surface area contributed by atoms with Crippen molar-refractivity contribution in [3.63, 3.8) is 0 Å². The molecular formula is C34H45N3O4. The van der Waals surface area contributed by atoms with Crippen molar-refractivity contribution in [3.05, 3.63) is 70.8 Å². The topological polar surface area (TPSA) is 79.0 Å². The SMILES string of the molecule is COC(=O)C(C(=O)NC(CCN1CC2CN(C(=O)c3c(C)cccc3C)CC2C1)c1ccccc1)C1CCCCC1. The standard InChI is InChI=1S/C34H45N3O4/c1-23-11-10-12-24(2)30(23)33(39)37-21-27-19-36(20-28(27)22-37)18-17-29(25-13-6-4-7-14-25)35-32(38)31(34(40)41-3)26-15-8-5-9-16-26/h4,6-7,10-14,26-29,31H,5,8-9,15-22H2,1-3H3,(H,35,38). The lowest BCUT2D eigenvalue weighted by atomic mass is 9.79. The number of fused-ring (bicyclic) bond motifs is 1. The number of likely N-dealkylation sites (tertiary alicyclic amines) is 2. The summed E-state index contributed by atoms with van der Waals surface area (Å²) in [6, 6.07) is 15.9. The van der Waals surface area contributed by atoms with Gasteiger partial charge in [0, 0.05) is 38.3 Å². The van der Waals surface area contributed by atoms with Gasteiger partial charge in [-0.15, -0.1) is 0 Å². The number of hydrogen-bond acceptors (Lipinski definition) is 5. The Morgan fingerprint density at radius 1 is 0.878 bits per heavy atom. The van der Waals surface area contributed by atoms with Crippen LogP contribution in [0.25, 0.3) is 0 Å². The fraction of sp³-hybridized carbons (Fsp3) is 0.559. The molecule has 1 aliphatic carbocycles. The molecule has 220 valence electrons. The van der Waals surface area contributed by atoms with Crippen LogP contribution in [-0.4, -0.2) is 67.4 Å². The summed E-state index contributed by atoms with van der Waals surface area (Å²) in [5.74, 6) is -0.236. The van der Waals surface area contributed by atoms with Crippen LogP contribution in [0.1, 0.15) is 71.6 Å². The van der Waals surface area contributed by atoms with Crippen molar-refractivity contribution in [2.24, 2.45) is 23.7 Å². The van der Waals surface area contributed by atoms with Crippen LogP contribution in [-0.2, 0) is 14.3 Å². The summed E-state index contributed by atoms with van der Waals surface area (Å²) in [6.45, 7) is 8.41. The number of carbonyl (C=O) groups is 3. The third-order valence-corrected chi connectivity index (χ3v) is 9.66. The van der Waals surface area contributed by atoms with E-state index in [1.165, 1.54) is 7.11 Å². The maximum atomic E-state index is 13.6. The minimum absolute atomic E-state index is 0.0414. The maximum absolute atomic E-state index is 13.6. The minimum Gasteiger partial charge on any atom is -0.468 e. The first-order valence-electron chi connectivity index (χ1n) is 15.4. The molecule has 2 aromatic rings. The van der Waals surface area contributed by atoms with Crippen LogP contribution in [0, 0.1) is 37.5 Å². The smallest absolute Gasteiger partial charge is 0.318 e. The van der Waals surface area contributed by atoms with Gasteiger partial charge in [0.1, 0.15) is 5.92 Å². The zero-order chi connectivity index (χ0) is 28.9. The molecule has 0 spiro atoms. The highest BCUT2D eigenvalue weighted by atomic mass is 16.5. The Hall–Kier alpha value is -3.19. The van der Waals surface area contributed by atoms with E-state index in [1.807, 2.05) is 55.1 Å². The molecule has 2 amide bonds. The second-order valence-electron chi connectivity index (χ2n) is 12.4. The summed E-state index contributed by atoms with van der Waals surface area (Å²) in [7, 11) is 1.38. The third kappa shape index (κ3) is 6.66. The van der Waals surface area contributed by atoms with Crippen molar-refractivity contribution in [1.29, 1.82) is 0 Å². The number of ether oxygens (including phenoxy) is 1. The summed E-state index contributed by atoms with van der Waals surface area (Å²) >= 11 is 0. The van der Waals surface area contributed by atoms with Gasteiger partial charge in [0.15, 0.2) is 0 Å². The zero-order valence-electron chi connectivity index (χ0n) is 24.8. The number of nitrogens with zero attached hydrogens (tertiary/aromatic N) is 2. The first-order valence-corrected chi connectivity index (χ1v) is 15.4. The molecule has 0 radical (unpaired) electrons. The van der Waals surface area contributed by atoms with E-state index in [0.29, 0.717) is 11.8 Å². The Morgan fingerprint density at radius 2 is 1.51 bits per heavy atom. The van der Waals surface area contributed by atoms with Gasteiger partial charge >= 0.3 is 5.97 Å². The van der Waals surface area contributed by atoms with Crippen LogP contribution in [0.15, 0.2) is 48.5 Å². The number of methoxy groups -OCH3 is 1. The second-order valence-corrected chi connectivity index (χ2v) is 12.4. The molecular weight excluding hydrogens is 514 g/mol. The molecule has 3 fully saturated rings. The lowest BCUT2D eigenvalue weighted by molar-refractivity contribution is -0.153. The van der Waals surface area contributed by atoms with Crippen molar-refractivity contribution >= 4 is 17.8 Å². The molecule has 7 heteroatoms. The Labute approximate surface area is 244 Å². The molecule has 1 saturated carbocycles. The van der Waals surface area contributed by atoms with Gasteiger partial charge in [-0.3, -0.25) is 14.4 Å². The predicted octanol–water partition coefficient (Wildman–Crippen LogP) is 4.92. The minimum atomic E-state index is -0.752. The van der Waals surface area contributed by atoms with Crippen molar-refractivity contribution in [3.8, 4) is 0 Å². The van der Waals surface area contributed by atoms with Crippen LogP contribution in [0.2, 0.25) is 0 Å². The number of esters is 1. The van der Waals surface area contributed by atoms with Gasteiger partial charge in [0.25, 0.3) is 5.91 Å². The fourth-order valence-corrected chi connectivity index (χ4v) is 7.44. The van der Waals surface area contributed by atoms with Gasteiger partial charge in [-0.25, -0.2) is 0 Å². The number of amides is 2. The Morgan fingerprint density at radius 3 is 2.12 bits per heavy atom. The number of rotatable bonds is 9. The second kappa shape index (κ2) is 13.2. The van der Waals surface area contributed by atoms with Gasteiger partial charge in [-0.05, 0) is 67.6 Å². The lowest BCUT2D eigenvalue weighted by Gasteiger charge is -2.30. The molecule has 5 rings (SSSR count). The van der Waals surface area contributed by atoms with Gasteiger partial charge in [0.2, 0.25) is 5.91 Å².